The number of carbonyl (C=O) groups excluding carboxylic acids is 2. The van der Waals surface area contributed by atoms with Crippen molar-refractivity contribution in [3.8, 4) is 5.75 Å². The van der Waals surface area contributed by atoms with Crippen molar-refractivity contribution in [1.29, 1.82) is 0 Å². The summed E-state index contributed by atoms with van der Waals surface area (Å²) in [6.45, 7) is 8.26. The average Bonchev–Trinajstić information content (AvgIpc) is 2.82. The molecule has 5 nitrogen and oxygen atoms in total. The first-order valence-electron chi connectivity index (χ1n) is 12.3. The highest BCUT2D eigenvalue weighted by Crippen LogP contribution is 2.26. The molecule has 1 saturated carbocycles. The molecule has 1 atom stereocenters. The minimum Gasteiger partial charge on any atom is -0.484 e. The van der Waals surface area contributed by atoms with E-state index in [1.54, 1.807) is 4.90 Å². The number of rotatable bonds is 9. The van der Waals surface area contributed by atoms with E-state index in [1.807, 2.05) is 64.1 Å². The smallest absolute Gasteiger partial charge is 0.261 e. The lowest BCUT2D eigenvalue weighted by atomic mass is 9.95. The molecular formula is C28H37BrN2O3. The number of hydrogen-bond donors (Lipinski definition) is 1. The summed E-state index contributed by atoms with van der Waals surface area (Å²) in [6.07, 6.45) is 6.10. The molecule has 1 N–H and O–H groups in total. The zero-order valence-corrected chi connectivity index (χ0v) is 22.4. The zero-order chi connectivity index (χ0) is 24.7. The number of hydrogen-bond acceptors (Lipinski definition) is 3. The Bertz CT molecular complexity index is 978. The topological polar surface area (TPSA) is 58.6 Å². The Morgan fingerprint density at radius 3 is 2.32 bits per heavy atom. The first kappa shape index (κ1) is 26.3. The molecule has 0 radical (unpaired) electrons. The van der Waals surface area contributed by atoms with Crippen molar-refractivity contribution < 1.29 is 14.3 Å². The molecule has 2 aromatic rings. The van der Waals surface area contributed by atoms with Gasteiger partial charge in [-0.1, -0.05) is 66.4 Å². The Morgan fingerprint density at radius 2 is 1.71 bits per heavy atom. The number of amides is 2. The third-order valence-electron chi connectivity index (χ3n) is 6.71. The van der Waals surface area contributed by atoms with Gasteiger partial charge in [0.1, 0.15) is 11.8 Å². The van der Waals surface area contributed by atoms with Crippen molar-refractivity contribution in [1.82, 2.24) is 10.2 Å². The molecule has 6 heteroatoms. The summed E-state index contributed by atoms with van der Waals surface area (Å²) in [5.41, 5.74) is 4.24. The summed E-state index contributed by atoms with van der Waals surface area (Å²) >= 11 is 3.57. The van der Waals surface area contributed by atoms with E-state index >= 15 is 0 Å². The molecular weight excluding hydrogens is 492 g/mol. The maximum absolute atomic E-state index is 13.5. The molecule has 0 aromatic heterocycles. The van der Waals surface area contributed by atoms with Gasteiger partial charge in [0.2, 0.25) is 5.91 Å². The fourth-order valence-corrected chi connectivity index (χ4v) is 4.88. The predicted octanol–water partition coefficient (Wildman–Crippen LogP) is 6.01. The number of benzene rings is 2. The van der Waals surface area contributed by atoms with Crippen LogP contribution in [0.4, 0.5) is 0 Å². The van der Waals surface area contributed by atoms with Crippen LogP contribution in [-0.2, 0) is 16.1 Å². The largest absolute Gasteiger partial charge is 0.484 e. The van der Waals surface area contributed by atoms with Crippen LogP contribution in [0.5, 0.6) is 5.75 Å². The molecule has 2 amide bonds. The van der Waals surface area contributed by atoms with Gasteiger partial charge in [0.25, 0.3) is 5.91 Å². The first-order valence-corrected chi connectivity index (χ1v) is 13.1. The van der Waals surface area contributed by atoms with E-state index in [2.05, 4.69) is 21.2 Å². The van der Waals surface area contributed by atoms with Crippen LogP contribution in [0.15, 0.2) is 40.9 Å². The van der Waals surface area contributed by atoms with E-state index in [9.17, 15) is 9.59 Å². The van der Waals surface area contributed by atoms with E-state index in [0.29, 0.717) is 18.7 Å². The normalized spacial score (nSPS) is 15.0. The Kier molecular flexibility index (Phi) is 9.57. The Balaban J connectivity index is 1.79. The van der Waals surface area contributed by atoms with Crippen molar-refractivity contribution in [2.75, 3.05) is 6.61 Å². The molecule has 1 unspecified atom stereocenters. The van der Waals surface area contributed by atoms with E-state index in [4.69, 9.17) is 4.74 Å². The molecule has 184 valence electrons. The van der Waals surface area contributed by atoms with Gasteiger partial charge >= 0.3 is 0 Å². The second-order valence-corrected chi connectivity index (χ2v) is 10.2. The Labute approximate surface area is 212 Å². The standard InChI is InChI=1S/C28H37BrN2O3/c1-5-25(28(33)30-23-13-7-6-8-14-23)31(17-22-12-10-9-11-19(22)2)26(32)18-34-24-15-20(3)27(29)21(4)16-24/h9-12,15-16,23,25H,5-8,13-14,17-18H2,1-4H3,(H,30,33). The lowest BCUT2D eigenvalue weighted by molar-refractivity contribution is -0.143. The van der Waals surface area contributed by atoms with Crippen molar-refractivity contribution in [3.05, 3.63) is 63.1 Å². The quantitative estimate of drug-likeness (QED) is 0.433. The molecule has 0 heterocycles. The fourth-order valence-electron chi connectivity index (χ4n) is 4.65. The highest BCUT2D eigenvalue weighted by atomic mass is 79.9. The third-order valence-corrected chi connectivity index (χ3v) is 7.96. The zero-order valence-electron chi connectivity index (χ0n) is 20.8. The molecule has 34 heavy (non-hydrogen) atoms. The number of nitrogens with one attached hydrogen (secondary N) is 1. The van der Waals surface area contributed by atoms with Gasteiger partial charge in [-0.2, -0.15) is 0 Å². The predicted molar refractivity (Wildman–Crippen MR) is 140 cm³/mol. The van der Waals surface area contributed by atoms with Crippen LogP contribution in [0.25, 0.3) is 0 Å². The van der Waals surface area contributed by atoms with Gasteiger partial charge in [-0.3, -0.25) is 9.59 Å². The SMILES string of the molecule is CCC(C(=O)NC1CCCCC1)N(Cc1ccccc1C)C(=O)COc1cc(C)c(Br)c(C)c1. The molecule has 1 fully saturated rings. The number of ether oxygens (including phenoxy) is 1. The summed E-state index contributed by atoms with van der Waals surface area (Å²) in [4.78, 5) is 28.5. The minimum absolute atomic E-state index is 0.0633. The van der Waals surface area contributed by atoms with E-state index in [-0.39, 0.29) is 24.5 Å². The van der Waals surface area contributed by atoms with Crippen LogP contribution < -0.4 is 10.1 Å². The summed E-state index contributed by atoms with van der Waals surface area (Å²) in [5, 5.41) is 3.22. The van der Waals surface area contributed by atoms with Gasteiger partial charge in [0.05, 0.1) is 0 Å². The van der Waals surface area contributed by atoms with Gasteiger partial charge in [-0.05, 0) is 74.4 Å². The summed E-state index contributed by atoms with van der Waals surface area (Å²) in [6, 6.07) is 11.5. The minimum atomic E-state index is -0.536. The van der Waals surface area contributed by atoms with Crippen molar-refractivity contribution in [2.45, 2.75) is 84.8 Å². The van der Waals surface area contributed by atoms with Gasteiger partial charge in [0, 0.05) is 17.1 Å². The van der Waals surface area contributed by atoms with E-state index in [0.717, 1.165) is 52.4 Å². The third kappa shape index (κ3) is 6.84. The molecule has 0 aliphatic heterocycles. The lowest BCUT2D eigenvalue weighted by Crippen LogP contribution is -2.52. The summed E-state index contributed by atoms with van der Waals surface area (Å²) < 4.78 is 6.95. The molecule has 0 spiro atoms. The Hall–Kier alpha value is -2.34. The maximum atomic E-state index is 13.5. The molecule has 2 aromatic carbocycles. The van der Waals surface area contributed by atoms with Gasteiger partial charge in [-0.15, -0.1) is 0 Å². The van der Waals surface area contributed by atoms with Crippen molar-refractivity contribution >= 4 is 27.7 Å². The van der Waals surface area contributed by atoms with E-state index in [1.165, 1.54) is 6.42 Å². The van der Waals surface area contributed by atoms with Crippen LogP contribution in [0, 0.1) is 20.8 Å². The van der Waals surface area contributed by atoms with Gasteiger partial charge < -0.3 is 15.0 Å². The number of nitrogens with zero attached hydrogens (tertiary/aromatic N) is 1. The second kappa shape index (κ2) is 12.4. The highest BCUT2D eigenvalue weighted by molar-refractivity contribution is 9.10. The highest BCUT2D eigenvalue weighted by Gasteiger charge is 2.30. The van der Waals surface area contributed by atoms with Crippen LogP contribution in [0.2, 0.25) is 0 Å². The van der Waals surface area contributed by atoms with Crippen LogP contribution >= 0.6 is 15.9 Å². The number of aryl methyl sites for hydroxylation is 3. The number of carbonyl (C=O) groups is 2. The van der Waals surface area contributed by atoms with Gasteiger partial charge in [0.15, 0.2) is 6.61 Å². The van der Waals surface area contributed by atoms with Crippen LogP contribution in [0.3, 0.4) is 0 Å². The van der Waals surface area contributed by atoms with Crippen LogP contribution in [-0.4, -0.2) is 35.4 Å². The van der Waals surface area contributed by atoms with Gasteiger partial charge in [-0.25, -0.2) is 0 Å². The Morgan fingerprint density at radius 1 is 1.06 bits per heavy atom. The summed E-state index contributed by atoms with van der Waals surface area (Å²) in [5.74, 6) is 0.404. The second-order valence-electron chi connectivity index (χ2n) is 9.38. The lowest BCUT2D eigenvalue weighted by Gasteiger charge is -2.33. The monoisotopic (exact) mass is 528 g/mol. The molecule has 0 bridgehead atoms. The van der Waals surface area contributed by atoms with Crippen molar-refractivity contribution in [2.24, 2.45) is 0 Å². The van der Waals surface area contributed by atoms with Crippen molar-refractivity contribution in [3.63, 3.8) is 0 Å². The molecule has 1 aliphatic carbocycles. The fraction of sp³-hybridized carbons (Fsp3) is 0.500. The maximum Gasteiger partial charge on any atom is 0.261 e. The van der Waals surface area contributed by atoms with Crippen LogP contribution in [0.1, 0.15) is 67.7 Å². The summed E-state index contributed by atoms with van der Waals surface area (Å²) in [7, 11) is 0. The van der Waals surface area contributed by atoms with E-state index < -0.39 is 6.04 Å². The average molecular weight is 530 g/mol. The first-order chi connectivity index (χ1) is 16.3. The molecule has 0 saturated heterocycles. The molecule has 1 aliphatic rings. The molecule has 3 rings (SSSR count). The number of halogens is 1.